The van der Waals surface area contributed by atoms with Crippen molar-refractivity contribution in [2.24, 2.45) is 0 Å². The summed E-state index contributed by atoms with van der Waals surface area (Å²) < 4.78 is 41.6. The van der Waals surface area contributed by atoms with Crippen LogP contribution in [-0.4, -0.2) is 39.9 Å². The van der Waals surface area contributed by atoms with Gasteiger partial charge >= 0.3 is 0 Å². The molecule has 10 heteroatoms. The highest BCUT2D eigenvalue weighted by atomic mass is 31.2. The number of hydrogen-bond donors (Lipinski definition) is 0. The van der Waals surface area contributed by atoms with Crippen LogP contribution in [-0.2, 0) is 15.3 Å². The number of fused-ring (bicyclic) bond motifs is 6. The maximum absolute atomic E-state index is 15.2. The molecule has 16 aromatic rings. The van der Waals surface area contributed by atoms with Crippen molar-refractivity contribution >= 4 is 68.8 Å². The zero-order chi connectivity index (χ0) is 63.5. The number of hydrogen-bond acceptors (Lipinski definition) is 8. The summed E-state index contributed by atoms with van der Waals surface area (Å²) in [6, 6.07) is 101. The van der Waals surface area contributed by atoms with Gasteiger partial charge in [-0.25, -0.2) is 19.9 Å². The van der Waals surface area contributed by atoms with E-state index in [1.54, 1.807) is 13.3 Å². The molecule has 8 nitrogen and oxygen atoms in total. The highest BCUT2D eigenvalue weighted by molar-refractivity contribution is 7.70. The van der Waals surface area contributed by atoms with Gasteiger partial charge in [-0.05, 0) is 96.3 Å². The molecule has 0 amide bonds. The zero-order valence-corrected chi connectivity index (χ0v) is 53.6. The number of furan rings is 2. The number of aromatic nitrogens is 4. The molecule has 0 saturated carbocycles. The zero-order valence-electron chi connectivity index (χ0n) is 51.8. The molecule has 0 bridgehead atoms. The summed E-state index contributed by atoms with van der Waals surface area (Å²) in [6.07, 6.45) is 0.361. The minimum atomic E-state index is -2.97. The second-order valence-corrected chi connectivity index (χ2v) is 30.7. The van der Waals surface area contributed by atoms with Crippen molar-refractivity contribution in [3.63, 3.8) is 0 Å². The Balaban J connectivity index is 0.716. The van der Waals surface area contributed by atoms with E-state index in [1.807, 2.05) is 140 Å². The van der Waals surface area contributed by atoms with Gasteiger partial charge in [-0.2, -0.15) is 0 Å². The number of benzene rings is 12. The topological polar surface area (TPSA) is 112 Å². The van der Waals surface area contributed by atoms with Gasteiger partial charge in [0.25, 0.3) is 0 Å². The fourth-order valence-corrected chi connectivity index (χ4v) is 15.7. The Labute approximate surface area is 544 Å². The largest absolute Gasteiger partial charge is 0.456 e. The average molecular weight is 1250 g/mol. The maximum atomic E-state index is 15.2. The van der Waals surface area contributed by atoms with Crippen LogP contribution in [0.3, 0.4) is 0 Å². The van der Waals surface area contributed by atoms with E-state index >= 15 is 4.57 Å². The molecule has 1 unspecified atom stereocenters. The molecule has 0 saturated heterocycles. The smallest absolute Gasteiger partial charge is 0.144 e. The normalized spacial score (nSPS) is 12.4. The van der Waals surface area contributed by atoms with Crippen LogP contribution in [0.4, 0.5) is 0 Å². The first-order valence-electron chi connectivity index (χ1n) is 31.4. The first-order valence-corrected chi connectivity index (χ1v) is 36.3. The Hall–Kier alpha value is -11.1. The van der Waals surface area contributed by atoms with Crippen LogP contribution < -0.4 is 10.6 Å². The minimum absolute atomic E-state index is 0.361. The predicted molar refractivity (Wildman–Crippen MR) is 389 cm³/mol. The Morgan fingerprint density at radius 1 is 0.277 bits per heavy atom. The third-order valence-electron chi connectivity index (χ3n) is 17.8. The van der Waals surface area contributed by atoms with Crippen LogP contribution in [0.25, 0.3) is 156 Å². The molecular weight excluding hydrogens is 1190 g/mol. The fraction of sp³-hybridized carbons (Fsp3) is 0.0476. The van der Waals surface area contributed by atoms with Gasteiger partial charge in [-0.3, -0.25) is 0 Å². The molecule has 12 aromatic carbocycles. The summed E-state index contributed by atoms with van der Waals surface area (Å²) in [7, 11) is -5.43. The molecular formula is C84H60N4O4P2. The van der Waals surface area contributed by atoms with E-state index in [0.717, 1.165) is 167 Å². The van der Waals surface area contributed by atoms with Crippen molar-refractivity contribution in [1.29, 1.82) is 0 Å². The molecule has 0 fully saturated rings. The van der Waals surface area contributed by atoms with E-state index in [-0.39, 0.29) is 0 Å². The molecule has 4 heterocycles. The fourth-order valence-electron chi connectivity index (χ4n) is 12.9. The van der Waals surface area contributed by atoms with Crippen LogP contribution in [0.2, 0.25) is 0 Å². The van der Waals surface area contributed by atoms with Gasteiger partial charge in [-0.1, -0.05) is 249 Å². The quantitative estimate of drug-likeness (QED) is 0.0990. The Morgan fingerprint density at radius 3 is 1.21 bits per heavy atom. The van der Waals surface area contributed by atoms with E-state index < -0.39 is 14.3 Å². The van der Waals surface area contributed by atoms with E-state index in [2.05, 4.69) is 164 Å². The Bertz CT molecular complexity index is 5670. The van der Waals surface area contributed by atoms with E-state index in [4.69, 9.17) is 28.8 Å². The average Bonchev–Trinajstić information content (AvgIpc) is 1.32. The molecule has 4 aromatic heterocycles. The number of rotatable bonds is 14. The standard InChI is InChI=1S/C84H60N4O4P2/c1-93(2,89)66-31-18-29-63(50-66)55-38-42-61(43-39-55)79-76(57-21-8-4-9-22-57)85-78(59-25-12-6-13-26-59)82(87-79)65-46-47-69-72-49-54(37-48-74(72)91-75(69)52-65)53-94(3,90)67-32-19-30-64(51-67)56-40-44-62(45-41-56)80-77(58-23-10-5-11-24-58)86-81(60-27-14-7-15-28-60)83(88-80)71-35-20-34-70-68-33-16-17-36-73(68)92-84(70)71/h4-52H,53H2,1-3H3. The highest BCUT2D eigenvalue weighted by Gasteiger charge is 2.26. The van der Waals surface area contributed by atoms with E-state index in [0.29, 0.717) is 11.7 Å². The van der Waals surface area contributed by atoms with Crippen LogP contribution >= 0.6 is 14.3 Å². The van der Waals surface area contributed by atoms with Crippen molar-refractivity contribution in [2.45, 2.75) is 6.16 Å². The Morgan fingerprint density at radius 2 is 0.670 bits per heavy atom. The maximum Gasteiger partial charge on any atom is 0.144 e. The molecule has 0 spiro atoms. The molecule has 0 radical (unpaired) electrons. The molecule has 450 valence electrons. The summed E-state index contributed by atoms with van der Waals surface area (Å²) in [5.74, 6) is 0. The SMILES string of the molecule is CP(C)(=O)c1cccc(-c2ccc(-c3nc(-c4ccc5c(c4)oc4ccc(CP(C)(=O)c6cccc(-c7ccc(-c8nc(-c9cccc%10c9oc9ccccc9%10)c(-c9ccccc9)nc8-c8ccccc8)cc7)c6)cc45)c(-c4ccccc4)nc3-c3ccccc3)cc2)c1. The van der Waals surface area contributed by atoms with Crippen LogP contribution in [0.1, 0.15) is 5.56 Å². The van der Waals surface area contributed by atoms with Gasteiger partial charge < -0.3 is 18.0 Å². The molecule has 0 aliphatic rings. The summed E-state index contributed by atoms with van der Waals surface area (Å²) in [4.78, 5) is 22.2. The summed E-state index contributed by atoms with van der Waals surface area (Å²) in [5, 5.41) is 5.61. The van der Waals surface area contributed by atoms with Crippen molar-refractivity contribution in [2.75, 3.05) is 20.0 Å². The van der Waals surface area contributed by atoms with Gasteiger partial charge in [0.1, 0.15) is 42.3 Å². The lowest BCUT2D eigenvalue weighted by Crippen LogP contribution is -2.06. The van der Waals surface area contributed by atoms with Crippen molar-refractivity contribution < 1.29 is 18.0 Å². The van der Waals surface area contributed by atoms with Gasteiger partial charge in [0.15, 0.2) is 0 Å². The molecule has 0 aliphatic carbocycles. The Kier molecular flexibility index (Phi) is 14.7. The first kappa shape index (κ1) is 58.0. The molecule has 16 rings (SSSR count). The van der Waals surface area contributed by atoms with Crippen molar-refractivity contribution in [1.82, 2.24) is 19.9 Å². The summed E-state index contributed by atoms with van der Waals surface area (Å²) in [5.41, 5.74) is 21.3. The van der Waals surface area contributed by atoms with Gasteiger partial charge in [0.05, 0.1) is 39.9 Å². The van der Waals surface area contributed by atoms with Crippen LogP contribution in [0.5, 0.6) is 0 Å². The summed E-state index contributed by atoms with van der Waals surface area (Å²) in [6.45, 7) is 5.50. The molecule has 94 heavy (non-hydrogen) atoms. The number of para-hydroxylation sites is 2. The predicted octanol–water partition coefficient (Wildman–Crippen LogP) is 21.8. The monoisotopic (exact) mass is 1250 g/mol. The lowest BCUT2D eigenvalue weighted by molar-refractivity contribution is 0.584. The third-order valence-corrected chi connectivity index (χ3v) is 21.6. The third kappa shape index (κ3) is 11.0. The van der Waals surface area contributed by atoms with Crippen LogP contribution in [0.15, 0.2) is 306 Å². The minimum Gasteiger partial charge on any atom is -0.456 e. The van der Waals surface area contributed by atoms with Gasteiger partial charge in [0.2, 0.25) is 0 Å². The second kappa shape index (κ2) is 23.8. The molecule has 0 aliphatic heterocycles. The first-order chi connectivity index (χ1) is 45.9. The van der Waals surface area contributed by atoms with Crippen LogP contribution in [0, 0.1) is 0 Å². The van der Waals surface area contributed by atoms with Gasteiger partial charge in [0, 0.05) is 82.8 Å². The summed E-state index contributed by atoms with van der Waals surface area (Å²) >= 11 is 0. The molecule has 0 N–H and O–H groups in total. The van der Waals surface area contributed by atoms with Gasteiger partial charge in [-0.15, -0.1) is 0 Å². The second-order valence-electron chi connectivity index (χ2n) is 24.5. The van der Waals surface area contributed by atoms with E-state index in [1.165, 1.54) is 0 Å². The highest BCUT2D eigenvalue weighted by Crippen LogP contribution is 2.48. The lowest BCUT2D eigenvalue weighted by atomic mass is 9.97. The van der Waals surface area contributed by atoms with Crippen molar-refractivity contribution in [3.05, 3.63) is 303 Å². The van der Waals surface area contributed by atoms with E-state index in [9.17, 15) is 4.57 Å². The number of nitrogens with zero attached hydrogens (tertiary/aromatic N) is 4. The lowest BCUT2D eigenvalue weighted by Gasteiger charge is -2.17. The van der Waals surface area contributed by atoms with Crippen molar-refractivity contribution in [3.8, 4) is 112 Å². The molecule has 1 atom stereocenters.